The fourth-order valence-corrected chi connectivity index (χ4v) is 1.42. The molecule has 2 unspecified atom stereocenters. The summed E-state index contributed by atoms with van der Waals surface area (Å²) in [5.41, 5.74) is 0. The molecule has 0 aromatic rings. The second-order valence-electron chi connectivity index (χ2n) is 3.80. The van der Waals surface area contributed by atoms with Gasteiger partial charge in [-0.3, -0.25) is 9.59 Å². The molecule has 1 amide bonds. The predicted molar refractivity (Wildman–Crippen MR) is 50.8 cm³/mol. The minimum Gasteiger partial charge on any atom is -0.481 e. The Labute approximate surface area is 83.1 Å². The van der Waals surface area contributed by atoms with Crippen LogP contribution in [0.2, 0.25) is 0 Å². The Hall–Kier alpha value is -1.10. The van der Waals surface area contributed by atoms with E-state index in [2.05, 4.69) is 5.32 Å². The van der Waals surface area contributed by atoms with Crippen molar-refractivity contribution in [3.05, 3.63) is 0 Å². The van der Waals surface area contributed by atoms with Gasteiger partial charge in [-0.1, -0.05) is 0 Å². The van der Waals surface area contributed by atoms with Crippen LogP contribution in [0.3, 0.4) is 0 Å². The first-order chi connectivity index (χ1) is 6.52. The quantitative estimate of drug-likeness (QED) is 0.643. The second kappa shape index (κ2) is 4.41. The number of carbonyl (C=O) groups excluding carboxylic acids is 1. The molecule has 1 aliphatic carbocycles. The van der Waals surface area contributed by atoms with Crippen LogP contribution >= 0.6 is 0 Å². The number of carboxylic acids is 1. The molecule has 80 valence electrons. The number of carbonyl (C=O) groups is 2. The lowest BCUT2D eigenvalue weighted by atomic mass is 9.79. The second-order valence-corrected chi connectivity index (χ2v) is 3.80. The number of rotatable bonds is 4. The SMILES string of the molecule is CN(C)C(=O)CNC1CCC1C(=O)O. The van der Waals surface area contributed by atoms with Crippen molar-refractivity contribution in [2.75, 3.05) is 20.6 Å². The van der Waals surface area contributed by atoms with Crippen LogP contribution in [0, 0.1) is 5.92 Å². The number of aliphatic carboxylic acids is 1. The summed E-state index contributed by atoms with van der Waals surface area (Å²) in [6.07, 6.45) is 1.56. The van der Waals surface area contributed by atoms with E-state index in [9.17, 15) is 9.59 Å². The van der Waals surface area contributed by atoms with Gasteiger partial charge < -0.3 is 15.3 Å². The fourth-order valence-electron chi connectivity index (χ4n) is 1.42. The lowest BCUT2D eigenvalue weighted by Crippen LogP contribution is -2.50. The third kappa shape index (κ3) is 2.45. The maximum absolute atomic E-state index is 11.2. The van der Waals surface area contributed by atoms with Crippen LogP contribution in [0.5, 0.6) is 0 Å². The van der Waals surface area contributed by atoms with Crippen LogP contribution in [0.1, 0.15) is 12.8 Å². The zero-order chi connectivity index (χ0) is 10.7. The van der Waals surface area contributed by atoms with E-state index < -0.39 is 5.97 Å². The van der Waals surface area contributed by atoms with Crippen molar-refractivity contribution in [3.63, 3.8) is 0 Å². The molecule has 2 N–H and O–H groups in total. The highest BCUT2D eigenvalue weighted by molar-refractivity contribution is 5.78. The summed E-state index contributed by atoms with van der Waals surface area (Å²) in [5, 5.41) is 11.7. The number of nitrogens with one attached hydrogen (secondary N) is 1. The molecule has 5 nitrogen and oxygen atoms in total. The highest BCUT2D eigenvalue weighted by atomic mass is 16.4. The van der Waals surface area contributed by atoms with Gasteiger partial charge in [-0.2, -0.15) is 0 Å². The van der Waals surface area contributed by atoms with Gasteiger partial charge in [0.25, 0.3) is 0 Å². The number of hydrogen-bond donors (Lipinski definition) is 2. The van der Waals surface area contributed by atoms with Gasteiger partial charge in [0.2, 0.25) is 5.91 Å². The summed E-state index contributed by atoms with van der Waals surface area (Å²) < 4.78 is 0. The van der Waals surface area contributed by atoms with Gasteiger partial charge in [0.15, 0.2) is 0 Å². The molecule has 0 spiro atoms. The van der Waals surface area contributed by atoms with Crippen molar-refractivity contribution in [3.8, 4) is 0 Å². The molecule has 0 heterocycles. The maximum Gasteiger partial charge on any atom is 0.308 e. The molecule has 0 aromatic heterocycles. The molecule has 5 heteroatoms. The molecule has 1 rings (SSSR count). The molecule has 0 bridgehead atoms. The zero-order valence-electron chi connectivity index (χ0n) is 8.49. The van der Waals surface area contributed by atoms with Gasteiger partial charge in [0, 0.05) is 20.1 Å². The van der Waals surface area contributed by atoms with Crippen molar-refractivity contribution in [1.82, 2.24) is 10.2 Å². The van der Waals surface area contributed by atoms with Crippen LogP contribution in [0.4, 0.5) is 0 Å². The van der Waals surface area contributed by atoms with Crippen LogP contribution < -0.4 is 5.32 Å². The van der Waals surface area contributed by atoms with E-state index in [-0.39, 0.29) is 24.4 Å². The third-order valence-electron chi connectivity index (χ3n) is 2.61. The molecule has 2 atom stereocenters. The fraction of sp³-hybridized carbons (Fsp3) is 0.778. The average Bonchev–Trinajstić information content (AvgIpc) is 2.00. The largest absolute Gasteiger partial charge is 0.481 e. The van der Waals surface area contributed by atoms with Gasteiger partial charge in [-0.25, -0.2) is 0 Å². The summed E-state index contributed by atoms with van der Waals surface area (Å²) in [4.78, 5) is 23.3. The van der Waals surface area contributed by atoms with Gasteiger partial charge in [0.1, 0.15) is 0 Å². The number of amides is 1. The normalized spacial score (nSPS) is 25.3. The standard InChI is InChI=1S/C9H16N2O3/c1-11(2)8(12)5-10-7-4-3-6(7)9(13)14/h6-7,10H,3-5H2,1-2H3,(H,13,14). The topological polar surface area (TPSA) is 69.6 Å². The molecule has 0 radical (unpaired) electrons. The third-order valence-corrected chi connectivity index (χ3v) is 2.61. The minimum absolute atomic E-state index is 0.0268. The molecule has 0 aromatic carbocycles. The van der Waals surface area contributed by atoms with Crippen LogP contribution in [-0.2, 0) is 9.59 Å². The lowest BCUT2D eigenvalue weighted by Gasteiger charge is -2.34. The lowest BCUT2D eigenvalue weighted by molar-refractivity contribution is -0.146. The molecule has 0 aliphatic heterocycles. The van der Waals surface area contributed by atoms with Crippen molar-refractivity contribution in [1.29, 1.82) is 0 Å². The van der Waals surface area contributed by atoms with E-state index in [0.29, 0.717) is 6.42 Å². The Morgan fingerprint density at radius 3 is 2.43 bits per heavy atom. The molecular weight excluding hydrogens is 184 g/mol. The van der Waals surface area contributed by atoms with Gasteiger partial charge in [0.05, 0.1) is 12.5 Å². The summed E-state index contributed by atoms with van der Waals surface area (Å²) in [6, 6.07) is -0.0311. The highest BCUT2D eigenvalue weighted by Crippen LogP contribution is 2.27. The Balaban J connectivity index is 2.26. The first kappa shape index (κ1) is 11.0. The van der Waals surface area contributed by atoms with Gasteiger partial charge in [-0.05, 0) is 12.8 Å². The van der Waals surface area contributed by atoms with E-state index >= 15 is 0 Å². The Bertz CT molecular complexity index is 240. The smallest absolute Gasteiger partial charge is 0.308 e. The molecule has 1 aliphatic rings. The molecule has 14 heavy (non-hydrogen) atoms. The first-order valence-corrected chi connectivity index (χ1v) is 4.68. The molecule has 1 fully saturated rings. The zero-order valence-corrected chi connectivity index (χ0v) is 8.49. The van der Waals surface area contributed by atoms with Crippen molar-refractivity contribution >= 4 is 11.9 Å². The summed E-state index contributed by atoms with van der Waals surface area (Å²) in [5.74, 6) is -1.11. The van der Waals surface area contributed by atoms with Crippen LogP contribution in [0.15, 0.2) is 0 Å². The van der Waals surface area contributed by atoms with Gasteiger partial charge >= 0.3 is 5.97 Å². The number of hydrogen-bond acceptors (Lipinski definition) is 3. The van der Waals surface area contributed by atoms with Crippen molar-refractivity contribution in [2.24, 2.45) is 5.92 Å². The number of nitrogens with zero attached hydrogens (tertiary/aromatic N) is 1. The van der Waals surface area contributed by atoms with E-state index in [0.717, 1.165) is 6.42 Å². The molecule has 1 saturated carbocycles. The van der Waals surface area contributed by atoms with E-state index in [4.69, 9.17) is 5.11 Å². The number of likely N-dealkylation sites (N-methyl/N-ethyl adjacent to an activating group) is 1. The Morgan fingerprint density at radius 2 is 2.07 bits per heavy atom. The Kier molecular flexibility index (Phi) is 3.46. The molecule has 0 saturated heterocycles. The van der Waals surface area contributed by atoms with E-state index in [1.54, 1.807) is 14.1 Å². The Morgan fingerprint density at radius 1 is 1.43 bits per heavy atom. The monoisotopic (exact) mass is 200 g/mol. The summed E-state index contributed by atoms with van der Waals surface area (Å²) in [6.45, 7) is 0.224. The van der Waals surface area contributed by atoms with Crippen LogP contribution in [0.25, 0.3) is 0 Å². The van der Waals surface area contributed by atoms with E-state index in [1.165, 1.54) is 4.90 Å². The number of carboxylic acid groups (broad SMARTS) is 1. The van der Waals surface area contributed by atoms with Crippen molar-refractivity contribution < 1.29 is 14.7 Å². The van der Waals surface area contributed by atoms with Crippen molar-refractivity contribution in [2.45, 2.75) is 18.9 Å². The molecular formula is C9H16N2O3. The minimum atomic E-state index is -0.772. The summed E-state index contributed by atoms with van der Waals surface area (Å²) >= 11 is 0. The highest BCUT2D eigenvalue weighted by Gasteiger charge is 2.36. The van der Waals surface area contributed by atoms with Crippen LogP contribution in [-0.4, -0.2) is 48.6 Å². The van der Waals surface area contributed by atoms with Gasteiger partial charge in [-0.15, -0.1) is 0 Å². The first-order valence-electron chi connectivity index (χ1n) is 4.68. The summed E-state index contributed by atoms with van der Waals surface area (Å²) in [7, 11) is 3.36. The average molecular weight is 200 g/mol. The predicted octanol–water partition coefficient (Wildman–Crippen LogP) is -0.473. The van der Waals surface area contributed by atoms with E-state index in [1.807, 2.05) is 0 Å². The maximum atomic E-state index is 11.2.